The first-order valence-electron chi connectivity index (χ1n) is 5.13. The smallest absolute Gasteiger partial charge is 0.307 e. The van der Waals surface area contributed by atoms with E-state index in [-0.39, 0.29) is 17.8 Å². The molecule has 5 heteroatoms. The molecule has 15 heavy (non-hydrogen) atoms. The molecular formula is C10H14O5. The average Bonchev–Trinajstić information content (AvgIpc) is 2.15. The third-order valence-electron chi connectivity index (χ3n) is 3.49. The second-order valence-electron chi connectivity index (χ2n) is 4.43. The fourth-order valence-corrected chi connectivity index (χ4v) is 2.82. The van der Waals surface area contributed by atoms with Gasteiger partial charge in [-0.1, -0.05) is 0 Å². The number of carbonyl (C=O) groups is 2. The molecule has 2 fully saturated rings. The summed E-state index contributed by atoms with van der Waals surface area (Å²) in [6.45, 7) is 0.772. The van der Waals surface area contributed by atoms with E-state index in [0.717, 1.165) is 0 Å². The molecule has 0 aromatic carbocycles. The molecule has 2 rings (SSSR count). The molecule has 2 bridgehead atoms. The second-order valence-corrected chi connectivity index (χ2v) is 4.43. The van der Waals surface area contributed by atoms with Gasteiger partial charge in [0, 0.05) is 0 Å². The molecule has 1 aliphatic carbocycles. The lowest BCUT2D eigenvalue weighted by molar-refractivity contribution is -0.165. The Labute approximate surface area is 87.0 Å². The average molecular weight is 214 g/mol. The Morgan fingerprint density at radius 3 is 1.93 bits per heavy atom. The number of hydrogen-bond acceptors (Lipinski definition) is 3. The monoisotopic (exact) mass is 214 g/mol. The minimum atomic E-state index is -0.810. The van der Waals surface area contributed by atoms with E-state index >= 15 is 0 Å². The summed E-state index contributed by atoms with van der Waals surface area (Å²) in [4.78, 5) is 21.9. The fourth-order valence-electron chi connectivity index (χ4n) is 2.82. The quantitative estimate of drug-likeness (QED) is 0.697. The summed E-state index contributed by atoms with van der Waals surface area (Å²) in [6.07, 6.45) is 0.867. The zero-order valence-corrected chi connectivity index (χ0v) is 8.26. The SMILES string of the molecule is O=C(O)C1CC2COCC(C1)C2C(=O)O. The van der Waals surface area contributed by atoms with Crippen LogP contribution >= 0.6 is 0 Å². The summed E-state index contributed by atoms with van der Waals surface area (Å²) >= 11 is 0. The number of carboxylic acids is 2. The Hall–Kier alpha value is -1.10. The summed E-state index contributed by atoms with van der Waals surface area (Å²) in [6, 6.07) is 0. The summed E-state index contributed by atoms with van der Waals surface area (Å²) in [5.74, 6) is -2.67. The van der Waals surface area contributed by atoms with Gasteiger partial charge in [-0.15, -0.1) is 0 Å². The number of aliphatic carboxylic acids is 2. The Morgan fingerprint density at radius 1 is 1.00 bits per heavy atom. The highest BCUT2D eigenvalue weighted by atomic mass is 16.5. The van der Waals surface area contributed by atoms with Crippen LogP contribution in [0.2, 0.25) is 0 Å². The first kappa shape index (κ1) is 10.4. The Morgan fingerprint density at radius 2 is 1.53 bits per heavy atom. The van der Waals surface area contributed by atoms with Gasteiger partial charge in [0.15, 0.2) is 0 Å². The van der Waals surface area contributed by atoms with E-state index in [4.69, 9.17) is 14.9 Å². The maximum absolute atomic E-state index is 11.0. The highest BCUT2D eigenvalue weighted by molar-refractivity contribution is 5.73. The second kappa shape index (κ2) is 3.81. The molecule has 2 unspecified atom stereocenters. The van der Waals surface area contributed by atoms with Gasteiger partial charge >= 0.3 is 11.9 Å². The predicted octanol–water partition coefficient (Wildman–Crippen LogP) is 0.444. The molecule has 1 heterocycles. The van der Waals surface area contributed by atoms with Crippen molar-refractivity contribution in [2.75, 3.05) is 13.2 Å². The molecule has 5 nitrogen and oxygen atoms in total. The molecule has 1 saturated heterocycles. The van der Waals surface area contributed by atoms with Crippen molar-refractivity contribution in [2.24, 2.45) is 23.7 Å². The van der Waals surface area contributed by atoms with E-state index in [2.05, 4.69) is 0 Å². The fraction of sp³-hybridized carbons (Fsp3) is 0.800. The lowest BCUT2D eigenvalue weighted by atomic mass is 9.67. The summed E-state index contributed by atoms with van der Waals surface area (Å²) in [7, 11) is 0. The van der Waals surface area contributed by atoms with Gasteiger partial charge in [-0.25, -0.2) is 0 Å². The molecule has 84 valence electrons. The van der Waals surface area contributed by atoms with Gasteiger partial charge in [-0.05, 0) is 24.7 Å². The van der Waals surface area contributed by atoms with E-state index < -0.39 is 17.9 Å². The van der Waals surface area contributed by atoms with E-state index in [1.165, 1.54) is 0 Å². The summed E-state index contributed by atoms with van der Waals surface area (Å²) in [5, 5.41) is 18.0. The van der Waals surface area contributed by atoms with Crippen molar-refractivity contribution >= 4 is 11.9 Å². The van der Waals surface area contributed by atoms with Crippen molar-refractivity contribution in [3.63, 3.8) is 0 Å². The van der Waals surface area contributed by atoms with Gasteiger partial charge in [0.05, 0.1) is 25.0 Å². The van der Waals surface area contributed by atoms with E-state index in [1.807, 2.05) is 0 Å². The van der Waals surface area contributed by atoms with Crippen molar-refractivity contribution < 1.29 is 24.5 Å². The van der Waals surface area contributed by atoms with Gasteiger partial charge in [0.1, 0.15) is 0 Å². The third kappa shape index (κ3) is 1.84. The molecule has 2 N–H and O–H groups in total. The van der Waals surface area contributed by atoms with Crippen LogP contribution in [0.15, 0.2) is 0 Å². The van der Waals surface area contributed by atoms with Crippen LogP contribution in [-0.2, 0) is 14.3 Å². The maximum atomic E-state index is 11.0. The van der Waals surface area contributed by atoms with E-state index in [1.54, 1.807) is 0 Å². The molecule has 0 radical (unpaired) electrons. The van der Waals surface area contributed by atoms with Crippen LogP contribution in [0.5, 0.6) is 0 Å². The Balaban J connectivity index is 2.15. The van der Waals surface area contributed by atoms with E-state index in [0.29, 0.717) is 26.1 Å². The molecule has 0 aromatic rings. The summed E-state index contributed by atoms with van der Waals surface area (Å²) in [5.41, 5.74) is 0. The van der Waals surface area contributed by atoms with Crippen LogP contribution in [0.25, 0.3) is 0 Å². The van der Waals surface area contributed by atoms with E-state index in [9.17, 15) is 9.59 Å². The molecular weight excluding hydrogens is 200 g/mol. The number of carboxylic acid groups (broad SMARTS) is 2. The normalized spacial score (nSPS) is 39.7. The zero-order valence-electron chi connectivity index (χ0n) is 8.26. The first-order valence-corrected chi connectivity index (χ1v) is 5.13. The van der Waals surface area contributed by atoms with Crippen molar-refractivity contribution in [3.8, 4) is 0 Å². The largest absolute Gasteiger partial charge is 0.481 e. The summed E-state index contributed by atoms with van der Waals surface area (Å²) < 4.78 is 5.29. The van der Waals surface area contributed by atoms with Crippen molar-refractivity contribution in [2.45, 2.75) is 12.8 Å². The molecule has 1 saturated carbocycles. The molecule has 0 spiro atoms. The number of ether oxygens (including phenoxy) is 1. The van der Waals surface area contributed by atoms with Crippen LogP contribution in [0.1, 0.15) is 12.8 Å². The van der Waals surface area contributed by atoms with Crippen LogP contribution in [0.3, 0.4) is 0 Å². The molecule has 1 aliphatic heterocycles. The molecule has 0 aromatic heterocycles. The van der Waals surface area contributed by atoms with Crippen LogP contribution < -0.4 is 0 Å². The third-order valence-corrected chi connectivity index (χ3v) is 3.49. The van der Waals surface area contributed by atoms with Crippen molar-refractivity contribution in [1.29, 1.82) is 0 Å². The van der Waals surface area contributed by atoms with Gasteiger partial charge in [0.25, 0.3) is 0 Å². The minimum absolute atomic E-state index is 0.129. The van der Waals surface area contributed by atoms with Crippen LogP contribution in [-0.4, -0.2) is 35.4 Å². The molecule has 0 amide bonds. The lowest BCUT2D eigenvalue weighted by Crippen LogP contribution is -2.47. The van der Waals surface area contributed by atoms with Gasteiger partial charge in [-0.2, -0.15) is 0 Å². The highest BCUT2D eigenvalue weighted by Gasteiger charge is 2.46. The number of fused-ring (bicyclic) bond motifs is 2. The highest BCUT2D eigenvalue weighted by Crippen LogP contribution is 2.41. The van der Waals surface area contributed by atoms with Crippen LogP contribution in [0.4, 0.5) is 0 Å². The number of hydrogen-bond donors (Lipinski definition) is 2. The molecule has 2 aliphatic rings. The number of rotatable bonds is 2. The Kier molecular flexibility index (Phi) is 2.65. The Bertz CT molecular complexity index is 274. The van der Waals surface area contributed by atoms with Crippen molar-refractivity contribution in [3.05, 3.63) is 0 Å². The van der Waals surface area contributed by atoms with Crippen LogP contribution in [0, 0.1) is 23.7 Å². The topological polar surface area (TPSA) is 83.8 Å². The van der Waals surface area contributed by atoms with Crippen molar-refractivity contribution in [1.82, 2.24) is 0 Å². The first-order chi connectivity index (χ1) is 7.09. The standard InChI is InChI=1S/C10H14O5/c11-9(12)5-1-6-3-15-4-7(2-5)8(6)10(13)14/h5-8H,1-4H2,(H,11,12)(H,13,14). The molecule has 2 atom stereocenters. The zero-order chi connectivity index (χ0) is 11.0. The lowest BCUT2D eigenvalue weighted by Gasteiger charge is -2.42. The van der Waals surface area contributed by atoms with Gasteiger partial charge in [0.2, 0.25) is 0 Å². The minimum Gasteiger partial charge on any atom is -0.481 e. The van der Waals surface area contributed by atoms with Gasteiger partial charge in [-0.3, -0.25) is 9.59 Å². The maximum Gasteiger partial charge on any atom is 0.307 e. The van der Waals surface area contributed by atoms with Gasteiger partial charge < -0.3 is 14.9 Å². The predicted molar refractivity (Wildman–Crippen MR) is 49.3 cm³/mol.